The van der Waals surface area contributed by atoms with E-state index in [4.69, 9.17) is 18.9 Å². The van der Waals surface area contributed by atoms with Crippen molar-refractivity contribution in [1.29, 1.82) is 0 Å². The van der Waals surface area contributed by atoms with Gasteiger partial charge < -0.3 is 24.1 Å². The number of allylic oxidation sites excluding steroid dienone is 1. The molecule has 3 aliphatic heterocycles. The first kappa shape index (κ1) is 16.7. The van der Waals surface area contributed by atoms with E-state index in [-0.39, 0.29) is 18.7 Å². The van der Waals surface area contributed by atoms with Crippen LogP contribution in [-0.2, 0) is 23.7 Å². The topological polar surface area (TPSA) is 89.9 Å². The lowest BCUT2D eigenvalue weighted by molar-refractivity contribution is -0.233. The van der Waals surface area contributed by atoms with Gasteiger partial charge in [0, 0.05) is 19.3 Å². The molecule has 3 heterocycles. The van der Waals surface area contributed by atoms with Crippen LogP contribution in [0.1, 0.15) is 40.5 Å². The molecular formula is C19H25NO6. The van der Waals surface area contributed by atoms with Crippen LogP contribution in [-0.4, -0.2) is 59.8 Å². The summed E-state index contributed by atoms with van der Waals surface area (Å²) in [7, 11) is 0. The van der Waals surface area contributed by atoms with Gasteiger partial charge in [0.15, 0.2) is 12.0 Å². The molecule has 1 spiro atoms. The third-order valence-electron chi connectivity index (χ3n) is 7.48. The number of epoxide rings is 1. The maximum absolute atomic E-state index is 11.6. The molecule has 3 fully saturated rings. The molecule has 0 unspecified atom stereocenters. The molecule has 5 aliphatic rings. The fourth-order valence-electron chi connectivity index (χ4n) is 6.06. The second-order valence-corrected chi connectivity index (χ2v) is 8.68. The predicted octanol–water partition coefficient (Wildman–Crippen LogP) is 1.34. The number of hydrogen-bond donors (Lipinski definition) is 1. The van der Waals surface area contributed by atoms with Gasteiger partial charge in [0.1, 0.15) is 18.3 Å². The van der Waals surface area contributed by atoms with Gasteiger partial charge in [0.2, 0.25) is 5.72 Å². The number of rotatable bonds is 2. The number of aliphatic hydroxyl groups is 1. The van der Waals surface area contributed by atoms with E-state index in [2.05, 4.69) is 24.9 Å². The fourth-order valence-corrected chi connectivity index (χ4v) is 6.06. The fraction of sp³-hybridized carbons (Fsp3) is 0.789. The van der Waals surface area contributed by atoms with Crippen molar-refractivity contribution in [3.05, 3.63) is 11.6 Å². The van der Waals surface area contributed by atoms with Crippen molar-refractivity contribution in [3.8, 4) is 0 Å². The molecule has 0 aromatic rings. The highest BCUT2D eigenvalue weighted by molar-refractivity contribution is 5.76. The van der Waals surface area contributed by atoms with E-state index in [9.17, 15) is 9.90 Å². The summed E-state index contributed by atoms with van der Waals surface area (Å²) in [6.07, 6.45) is 2.29. The minimum Gasteiger partial charge on any atom is -0.472 e. The molecule has 7 heteroatoms. The summed E-state index contributed by atoms with van der Waals surface area (Å²) in [6, 6.07) is 0. The molecule has 2 bridgehead atoms. The van der Waals surface area contributed by atoms with Gasteiger partial charge in [-0.2, -0.15) is 0 Å². The molecule has 0 radical (unpaired) electrons. The van der Waals surface area contributed by atoms with Crippen molar-refractivity contribution < 1.29 is 28.8 Å². The Morgan fingerprint density at radius 2 is 2.15 bits per heavy atom. The normalized spacial score (nSPS) is 53.3. The van der Waals surface area contributed by atoms with E-state index >= 15 is 0 Å². The predicted molar refractivity (Wildman–Crippen MR) is 90.4 cm³/mol. The molecule has 1 saturated carbocycles. The van der Waals surface area contributed by atoms with Crippen LogP contribution >= 0.6 is 0 Å². The molecule has 26 heavy (non-hydrogen) atoms. The van der Waals surface area contributed by atoms with Crippen LogP contribution in [0.2, 0.25) is 0 Å². The molecule has 7 nitrogen and oxygen atoms in total. The van der Waals surface area contributed by atoms with Crippen LogP contribution in [0.15, 0.2) is 16.6 Å². The molecule has 2 saturated heterocycles. The van der Waals surface area contributed by atoms with Gasteiger partial charge in [-0.3, -0.25) is 4.79 Å². The van der Waals surface area contributed by atoms with Gasteiger partial charge in [-0.05, 0) is 19.8 Å². The molecule has 0 amide bonds. The maximum atomic E-state index is 11.6. The van der Waals surface area contributed by atoms with Crippen LogP contribution in [0, 0.1) is 10.8 Å². The van der Waals surface area contributed by atoms with Crippen molar-refractivity contribution in [3.63, 3.8) is 0 Å². The van der Waals surface area contributed by atoms with Crippen LogP contribution in [0.5, 0.6) is 0 Å². The Bertz CT molecular complexity index is 757. The van der Waals surface area contributed by atoms with Crippen molar-refractivity contribution in [2.24, 2.45) is 15.8 Å². The van der Waals surface area contributed by atoms with Gasteiger partial charge in [0.05, 0.1) is 18.1 Å². The van der Waals surface area contributed by atoms with E-state index in [1.54, 1.807) is 6.92 Å². The summed E-state index contributed by atoms with van der Waals surface area (Å²) in [5.74, 6) is 0.130. The Morgan fingerprint density at radius 1 is 1.42 bits per heavy atom. The standard InChI is InChI=1S/C19H25NO6/c1-10-5-6-17(8-23-12(3)21)13(7-10)26-15-18(9-24-18)16(17,4)14-19(15,22)20-11(2)25-14/h7,13-15,22H,5-6,8-9H2,1-4H3/t13-,14-,15-,16+,17-,18+,19-/m1/s1. The quantitative estimate of drug-likeness (QED) is 0.452. The number of carbonyl (C=O) groups excluding carboxylic acids is 1. The molecule has 7 atom stereocenters. The highest BCUT2D eigenvalue weighted by atomic mass is 16.7. The van der Waals surface area contributed by atoms with E-state index in [1.165, 1.54) is 12.5 Å². The number of aliphatic imine (C=N–C) groups is 1. The highest BCUT2D eigenvalue weighted by Crippen LogP contribution is 2.75. The van der Waals surface area contributed by atoms with Gasteiger partial charge in [0.25, 0.3) is 0 Å². The van der Waals surface area contributed by atoms with E-state index < -0.39 is 34.4 Å². The number of nitrogens with zero attached hydrogens (tertiary/aromatic N) is 1. The lowest BCUT2D eigenvalue weighted by Crippen LogP contribution is -2.66. The molecule has 1 N–H and O–H groups in total. The lowest BCUT2D eigenvalue weighted by Gasteiger charge is -2.57. The molecular weight excluding hydrogens is 338 g/mol. The number of fused-ring (bicyclic) bond motifs is 5. The Kier molecular flexibility index (Phi) is 3.02. The Labute approximate surface area is 152 Å². The molecule has 0 aromatic heterocycles. The Hall–Kier alpha value is -1.44. The first-order chi connectivity index (χ1) is 12.2. The highest BCUT2D eigenvalue weighted by Gasteiger charge is 2.90. The maximum Gasteiger partial charge on any atom is 0.302 e. The summed E-state index contributed by atoms with van der Waals surface area (Å²) in [6.45, 7) is 8.03. The van der Waals surface area contributed by atoms with Crippen LogP contribution in [0.4, 0.5) is 0 Å². The molecule has 5 rings (SSSR count). The van der Waals surface area contributed by atoms with Crippen molar-refractivity contribution in [1.82, 2.24) is 0 Å². The number of ether oxygens (including phenoxy) is 4. The zero-order chi connectivity index (χ0) is 18.5. The summed E-state index contributed by atoms with van der Waals surface area (Å²) in [5.41, 5.74) is -2.04. The molecule has 0 aromatic carbocycles. The van der Waals surface area contributed by atoms with E-state index in [0.717, 1.165) is 12.8 Å². The number of hydrogen-bond acceptors (Lipinski definition) is 7. The lowest BCUT2D eigenvalue weighted by atomic mass is 9.51. The minimum absolute atomic E-state index is 0.208. The summed E-state index contributed by atoms with van der Waals surface area (Å²) in [5, 5.41) is 11.5. The van der Waals surface area contributed by atoms with Crippen molar-refractivity contribution >= 4 is 11.9 Å². The largest absolute Gasteiger partial charge is 0.472 e. The summed E-state index contributed by atoms with van der Waals surface area (Å²) in [4.78, 5) is 16.1. The summed E-state index contributed by atoms with van der Waals surface area (Å²) < 4.78 is 24.1. The second kappa shape index (κ2) is 4.69. The number of carbonyl (C=O) groups is 1. The van der Waals surface area contributed by atoms with Gasteiger partial charge >= 0.3 is 5.97 Å². The average Bonchev–Trinajstić information content (AvgIpc) is 3.28. The SMILES string of the molecule is CC(=O)OC[C@]12CCC(C)=C[C@H]1O[C@H]1[C@@]3(O)N=C(C)O[C@@H]3[C@]2(C)[C@]12CO2. The zero-order valence-electron chi connectivity index (χ0n) is 15.6. The number of esters is 1. The molecule has 142 valence electrons. The molecule has 2 aliphatic carbocycles. The average molecular weight is 363 g/mol. The van der Waals surface area contributed by atoms with Crippen molar-refractivity contribution in [2.45, 2.75) is 70.2 Å². The van der Waals surface area contributed by atoms with Gasteiger partial charge in [-0.1, -0.05) is 18.6 Å². The van der Waals surface area contributed by atoms with Crippen LogP contribution < -0.4 is 0 Å². The third-order valence-corrected chi connectivity index (χ3v) is 7.48. The van der Waals surface area contributed by atoms with Gasteiger partial charge in [-0.15, -0.1) is 0 Å². The first-order valence-electron chi connectivity index (χ1n) is 9.25. The third kappa shape index (κ3) is 1.62. The van der Waals surface area contributed by atoms with E-state index in [1.807, 2.05) is 0 Å². The Balaban J connectivity index is 1.70. The monoisotopic (exact) mass is 363 g/mol. The van der Waals surface area contributed by atoms with E-state index in [0.29, 0.717) is 12.5 Å². The first-order valence-corrected chi connectivity index (χ1v) is 9.25. The summed E-state index contributed by atoms with van der Waals surface area (Å²) >= 11 is 0. The van der Waals surface area contributed by atoms with Crippen molar-refractivity contribution in [2.75, 3.05) is 13.2 Å². The van der Waals surface area contributed by atoms with Gasteiger partial charge in [-0.25, -0.2) is 4.99 Å². The Morgan fingerprint density at radius 3 is 2.81 bits per heavy atom. The van der Waals surface area contributed by atoms with Crippen LogP contribution in [0.25, 0.3) is 0 Å². The zero-order valence-corrected chi connectivity index (χ0v) is 15.6. The second-order valence-electron chi connectivity index (χ2n) is 8.68. The minimum atomic E-state index is -1.47. The van der Waals surface area contributed by atoms with Crippen LogP contribution in [0.3, 0.4) is 0 Å². The smallest absolute Gasteiger partial charge is 0.302 e.